The smallest absolute Gasteiger partial charge is 0.229 e. The first-order chi connectivity index (χ1) is 14.8. The summed E-state index contributed by atoms with van der Waals surface area (Å²) in [5, 5.41) is 59.5. The first kappa shape index (κ1) is 21.1. The second-order valence-electron chi connectivity index (χ2n) is 7.10. The van der Waals surface area contributed by atoms with Gasteiger partial charge in [0.05, 0.1) is 6.61 Å². The van der Waals surface area contributed by atoms with E-state index >= 15 is 0 Å². The molecule has 0 spiro atoms. The first-order valence-electron chi connectivity index (χ1n) is 9.37. The van der Waals surface area contributed by atoms with Crippen LogP contribution in [0.1, 0.15) is 0 Å². The lowest BCUT2D eigenvalue weighted by Crippen LogP contribution is -2.60. The molecule has 1 saturated heterocycles. The molecule has 3 aromatic rings. The van der Waals surface area contributed by atoms with E-state index in [1.807, 2.05) is 0 Å². The molecule has 31 heavy (non-hydrogen) atoms. The molecule has 6 N–H and O–H groups in total. The van der Waals surface area contributed by atoms with E-state index in [1.165, 1.54) is 6.07 Å². The summed E-state index contributed by atoms with van der Waals surface area (Å²) in [6, 6.07) is 10.7. The van der Waals surface area contributed by atoms with Gasteiger partial charge in [-0.15, -0.1) is 0 Å². The summed E-state index contributed by atoms with van der Waals surface area (Å²) in [7, 11) is 0. The van der Waals surface area contributed by atoms with Gasteiger partial charge in [-0.05, 0) is 0 Å². The lowest BCUT2D eigenvalue weighted by atomic mass is 9.99. The third-order valence-electron chi connectivity index (χ3n) is 5.07. The Balaban J connectivity index is 1.80. The molecule has 164 valence electrons. The van der Waals surface area contributed by atoms with Crippen molar-refractivity contribution in [3.05, 3.63) is 52.7 Å². The molecule has 0 aliphatic carbocycles. The zero-order chi connectivity index (χ0) is 22.3. The predicted molar refractivity (Wildman–Crippen MR) is 106 cm³/mol. The fourth-order valence-electron chi connectivity index (χ4n) is 3.40. The van der Waals surface area contributed by atoms with Crippen LogP contribution in [0.15, 0.2) is 51.7 Å². The van der Waals surface area contributed by atoms with Crippen LogP contribution in [0.3, 0.4) is 0 Å². The van der Waals surface area contributed by atoms with Gasteiger partial charge in [0.15, 0.2) is 16.8 Å². The molecule has 1 fully saturated rings. The van der Waals surface area contributed by atoms with Gasteiger partial charge in [0.2, 0.25) is 12.0 Å². The Morgan fingerprint density at radius 2 is 1.68 bits per heavy atom. The van der Waals surface area contributed by atoms with E-state index in [0.29, 0.717) is 5.56 Å². The highest BCUT2D eigenvalue weighted by atomic mass is 16.7. The van der Waals surface area contributed by atoms with Gasteiger partial charge < -0.3 is 44.5 Å². The summed E-state index contributed by atoms with van der Waals surface area (Å²) < 4.78 is 16.4. The minimum Gasteiger partial charge on any atom is -0.504 e. The average Bonchev–Trinajstić information content (AvgIpc) is 2.77. The van der Waals surface area contributed by atoms with E-state index in [4.69, 9.17) is 13.9 Å². The summed E-state index contributed by atoms with van der Waals surface area (Å²) in [6.45, 7) is -0.672. The van der Waals surface area contributed by atoms with E-state index in [1.54, 1.807) is 30.3 Å². The van der Waals surface area contributed by atoms with Crippen molar-refractivity contribution in [2.24, 2.45) is 0 Å². The molecule has 4 rings (SSSR count). The number of aliphatic hydroxyl groups excluding tert-OH is 4. The Hall–Kier alpha value is -3.15. The number of rotatable bonds is 4. The van der Waals surface area contributed by atoms with Gasteiger partial charge in [0, 0.05) is 17.7 Å². The van der Waals surface area contributed by atoms with Crippen LogP contribution in [-0.4, -0.2) is 68.0 Å². The van der Waals surface area contributed by atoms with Crippen LogP contribution in [0.5, 0.6) is 17.2 Å². The van der Waals surface area contributed by atoms with E-state index in [0.717, 1.165) is 6.07 Å². The van der Waals surface area contributed by atoms with Crippen LogP contribution in [0.2, 0.25) is 0 Å². The van der Waals surface area contributed by atoms with Crippen LogP contribution < -0.4 is 10.2 Å². The van der Waals surface area contributed by atoms with Crippen molar-refractivity contribution < 1.29 is 44.5 Å². The number of phenols is 2. The van der Waals surface area contributed by atoms with Gasteiger partial charge in [-0.25, -0.2) is 0 Å². The SMILES string of the molecule is O=c1cc(-c2ccccc2)oc2c(O)c(O)cc(OC3OC(CO)C(O)C(O)C3O)c12. The van der Waals surface area contributed by atoms with E-state index in [-0.39, 0.29) is 22.5 Å². The molecule has 10 nitrogen and oxygen atoms in total. The summed E-state index contributed by atoms with van der Waals surface area (Å²) in [5.41, 5.74) is -0.415. The largest absolute Gasteiger partial charge is 0.504 e. The van der Waals surface area contributed by atoms with E-state index < -0.39 is 54.2 Å². The summed E-state index contributed by atoms with van der Waals surface area (Å²) in [5.74, 6) is -1.52. The van der Waals surface area contributed by atoms with Gasteiger partial charge in [0.25, 0.3) is 0 Å². The number of ether oxygens (including phenoxy) is 2. The zero-order valence-corrected chi connectivity index (χ0v) is 16.0. The van der Waals surface area contributed by atoms with Gasteiger partial charge >= 0.3 is 0 Å². The summed E-state index contributed by atoms with van der Waals surface area (Å²) >= 11 is 0. The molecular weight excluding hydrogens is 412 g/mol. The van der Waals surface area contributed by atoms with Crippen LogP contribution >= 0.6 is 0 Å². The van der Waals surface area contributed by atoms with E-state index in [9.17, 15) is 35.4 Å². The Bertz CT molecular complexity index is 1140. The summed E-state index contributed by atoms with van der Waals surface area (Å²) in [4.78, 5) is 12.9. The lowest BCUT2D eigenvalue weighted by molar-refractivity contribution is -0.277. The highest BCUT2D eigenvalue weighted by Gasteiger charge is 2.45. The van der Waals surface area contributed by atoms with E-state index in [2.05, 4.69) is 0 Å². The molecule has 1 aliphatic heterocycles. The predicted octanol–water partition coefficient (Wildman–Crippen LogP) is 0.0499. The Kier molecular flexibility index (Phi) is 5.56. The number of benzene rings is 2. The first-order valence-corrected chi connectivity index (χ1v) is 9.37. The Labute approximate surface area is 174 Å². The van der Waals surface area contributed by atoms with Crippen LogP contribution in [-0.2, 0) is 4.74 Å². The monoisotopic (exact) mass is 432 g/mol. The van der Waals surface area contributed by atoms with Crippen LogP contribution in [0.4, 0.5) is 0 Å². The third kappa shape index (κ3) is 3.71. The number of fused-ring (bicyclic) bond motifs is 1. The maximum atomic E-state index is 12.9. The average molecular weight is 432 g/mol. The molecule has 2 aromatic carbocycles. The van der Waals surface area contributed by atoms with Gasteiger partial charge in [0.1, 0.15) is 41.3 Å². The van der Waals surface area contributed by atoms with Crippen molar-refractivity contribution in [1.29, 1.82) is 0 Å². The standard InChI is InChI=1S/C21H20O10/c22-8-14-17(26)18(27)19(28)21(31-14)30-13-7-11(24)16(25)20-15(13)10(23)6-12(29-20)9-4-2-1-3-5-9/h1-7,14,17-19,21-22,24-28H,8H2. The summed E-state index contributed by atoms with van der Waals surface area (Å²) in [6.07, 6.45) is -7.87. The zero-order valence-electron chi connectivity index (χ0n) is 16.0. The number of hydrogen-bond donors (Lipinski definition) is 6. The van der Waals surface area contributed by atoms with Crippen molar-refractivity contribution in [2.45, 2.75) is 30.7 Å². The maximum Gasteiger partial charge on any atom is 0.229 e. The molecular formula is C21H20O10. The fourth-order valence-corrected chi connectivity index (χ4v) is 3.40. The molecule has 0 bridgehead atoms. The quantitative estimate of drug-likeness (QED) is 0.310. The minimum absolute atomic E-state index is 0.137. The van der Waals surface area contributed by atoms with Gasteiger partial charge in [-0.3, -0.25) is 4.79 Å². The highest BCUT2D eigenvalue weighted by Crippen LogP contribution is 2.41. The number of aromatic hydroxyl groups is 2. The number of phenolic OH excluding ortho intramolecular Hbond substituents is 2. The maximum absolute atomic E-state index is 12.9. The van der Waals surface area contributed by atoms with Gasteiger partial charge in [-0.1, -0.05) is 30.3 Å². The third-order valence-corrected chi connectivity index (χ3v) is 5.07. The van der Waals surface area contributed by atoms with Gasteiger partial charge in [-0.2, -0.15) is 0 Å². The lowest BCUT2D eigenvalue weighted by Gasteiger charge is -2.39. The van der Waals surface area contributed by atoms with Crippen LogP contribution in [0.25, 0.3) is 22.3 Å². The molecule has 1 aliphatic rings. The molecule has 5 atom stereocenters. The fraction of sp³-hybridized carbons (Fsp3) is 0.286. The molecule has 2 heterocycles. The van der Waals surface area contributed by atoms with Crippen molar-refractivity contribution in [1.82, 2.24) is 0 Å². The molecule has 10 heteroatoms. The molecule has 5 unspecified atom stereocenters. The van der Waals surface area contributed by atoms with Crippen LogP contribution in [0, 0.1) is 0 Å². The molecule has 0 saturated carbocycles. The molecule has 1 aromatic heterocycles. The molecule has 0 amide bonds. The minimum atomic E-state index is -1.74. The topological polar surface area (TPSA) is 170 Å². The van der Waals surface area contributed by atoms with Crippen molar-refractivity contribution in [3.8, 4) is 28.6 Å². The normalized spacial score (nSPS) is 26.1. The number of hydrogen-bond acceptors (Lipinski definition) is 10. The Morgan fingerprint density at radius 1 is 0.968 bits per heavy atom. The van der Waals surface area contributed by atoms with Crippen molar-refractivity contribution in [2.75, 3.05) is 6.61 Å². The second kappa shape index (κ2) is 8.17. The molecule has 0 radical (unpaired) electrons. The highest BCUT2D eigenvalue weighted by molar-refractivity contribution is 5.91. The van der Waals surface area contributed by atoms with Crippen molar-refractivity contribution >= 4 is 11.0 Å². The van der Waals surface area contributed by atoms with Crippen molar-refractivity contribution in [3.63, 3.8) is 0 Å². The second-order valence-corrected chi connectivity index (χ2v) is 7.10. The Morgan fingerprint density at radius 3 is 2.35 bits per heavy atom. The number of aliphatic hydroxyl groups is 4.